The molecule has 6 nitrogen and oxygen atoms in total. The van der Waals surface area contributed by atoms with Gasteiger partial charge < -0.3 is 9.84 Å². The van der Waals surface area contributed by atoms with Gasteiger partial charge in [0.15, 0.2) is 5.82 Å². The molecule has 152 valence electrons. The Labute approximate surface area is 173 Å². The molecule has 0 fully saturated rings. The van der Waals surface area contributed by atoms with Gasteiger partial charge in [-0.25, -0.2) is 0 Å². The van der Waals surface area contributed by atoms with Crippen molar-refractivity contribution in [3.05, 3.63) is 64.1 Å². The second kappa shape index (κ2) is 9.85. The van der Waals surface area contributed by atoms with E-state index in [1.807, 2.05) is 7.05 Å². The second-order valence-electron chi connectivity index (χ2n) is 7.29. The Balaban J connectivity index is 0.00000280. The predicted octanol–water partition coefficient (Wildman–Crippen LogP) is 3.60. The number of nitrogens with one attached hydrogen (secondary N) is 1. The molecule has 28 heavy (non-hydrogen) atoms. The summed E-state index contributed by atoms with van der Waals surface area (Å²) in [6.45, 7) is 9.21. The highest BCUT2D eigenvalue weighted by Gasteiger charge is 2.14. The molecule has 0 saturated heterocycles. The van der Waals surface area contributed by atoms with Gasteiger partial charge >= 0.3 is 0 Å². The van der Waals surface area contributed by atoms with E-state index >= 15 is 0 Å². The van der Waals surface area contributed by atoms with E-state index in [0.717, 1.165) is 37.3 Å². The van der Waals surface area contributed by atoms with Gasteiger partial charge in [0.1, 0.15) is 0 Å². The maximum Gasteiger partial charge on any atom is 0.226 e. The van der Waals surface area contributed by atoms with Crippen LogP contribution < -0.4 is 5.32 Å². The third-order valence-electron chi connectivity index (χ3n) is 5.06. The number of hydrogen-bond acceptors (Lipinski definition) is 5. The van der Waals surface area contributed by atoms with Gasteiger partial charge in [0.05, 0.1) is 12.2 Å². The summed E-state index contributed by atoms with van der Waals surface area (Å²) in [4.78, 5) is 4.51. The minimum absolute atomic E-state index is 0. The number of nitrogens with zero attached hydrogens (tertiary/aromatic N) is 4. The van der Waals surface area contributed by atoms with Crippen molar-refractivity contribution >= 4 is 12.4 Å². The van der Waals surface area contributed by atoms with Crippen LogP contribution in [0.15, 0.2) is 28.8 Å². The van der Waals surface area contributed by atoms with Crippen molar-refractivity contribution in [1.29, 1.82) is 0 Å². The van der Waals surface area contributed by atoms with E-state index in [4.69, 9.17) is 9.62 Å². The molecule has 2 heterocycles. The molecule has 0 saturated carbocycles. The van der Waals surface area contributed by atoms with Gasteiger partial charge in [-0.05, 0) is 52.3 Å². The van der Waals surface area contributed by atoms with Gasteiger partial charge in [-0.3, -0.25) is 4.68 Å². The van der Waals surface area contributed by atoms with Crippen LogP contribution in [0.5, 0.6) is 0 Å². The van der Waals surface area contributed by atoms with Crippen LogP contribution in [0, 0.1) is 20.8 Å². The number of hydrogen-bond donors (Lipinski definition) is 1. The van der Waals surface area contributed by atoms with Crippen LogP contribution in [0.1, 0.15) is 46.7 Å². The Morgan fingerprint density at radius 1 is 1.11 bits per heavy atom. The van der Waals surface area contributed by atoms with Crippen molar-refractivity contribution in [1.82, 2.24) is 25.2 Å². The average Bonchev–Trinajstić information content (AvgIpc) is 3.20. The van der Waals surface area contributed by atoms with Gasteiger partial charge in [0, 0.05) is 24.6 Å². The molecule has 2 aromatic heterocycles. The first-order chi connectivity index (χ1) is 13.0. The van der Waals surface area contributed by atoms with Crippen molar-refractivity contribution in [2.45, 2.75) is 59.5 Å². The molecule has 1 N–H and O–H groups in total. The van der Waals surface area contributed by atoms with E-state index in [9.17, 15) is 0 Å². The third kappa shape index (κ3) is 5.42. The number of halogens is 1. The zero-order valence-corrected chi connectivity index (χ0v) is 18.1. The highest BCUT2D eigenvalue weighted by atomic mass is 35.5. The lowest BCUT2D eigenvalue weighted by Gasteiger charge is -2.06. The number of aromatic nitrogens is 4. The highest BCUT2D eigenvalue weighted by Crippen LogP contribution is 2.17. The smallest absolute Gasteiger partial charge is 0.226 e. The van der Waals surface area contributed by atoms with Crippen LogP contribution in [0.4, 0.5) is 0 Å². The lowest BCUT2D eigenvalue weighted by Crippen LogP contribution is -2.24. The quantitative estimate of drug-likeness (QED) is 0.622. The summed E-state index contributed by atoms with van der Waals surface area (Å²) < 4.78 is 7.50. The molecular formula is C21H30ClN5O. The zero-order valence-electron chi connectivity index (χ0n) is 17.3. The van der Waals surface area contributed by atoms with Crippen LogP contribution in [0.3, 0.4) is 0 Å². The van der Waals surface area contributed by atoms with Gasteiger partial charge in [-0.1, -0.05) is 35.0 Å². The Hall–Kier alpha value is -2.18. The molecule has 3 rings (SSSR count). The van der Waals surface area contributed by atoms with Crippen LogP contribution in [0.25, 0.3) is 0 Å². The van der Waals surface area contributed by atoms with Crippen molar-refractivity contribution in [2.24, 2.45) is 0 Å². The lowest BCUT2D eigenvalue weighted by molar-refractivity contribution is 0.371. The van der Waals surface area contributed by atoms with Crippen LogP contribution >= 0.6 is 12.4 Å². The zero-order chi connectivity index (χ0) is 19.4. The van der Waals surface area contributed by atoms with Gasteiger partial charge in [0.2, 0.25) is 5.89 Å². The van der Waals surface area contributed by atoms with Crippen molar-refractivity contribution in [3.8, 4) is 0 Å². The number of benzene rings is 1. The molecule has 0 spiro atoms. The van der Waals surface area contributed by atoms with E-state index < -0.39 is 0 Å². The first-order valence-corrected chi connectivity index (χ1v) is 9.53. The molecule has 3 aromatic rings. The molecule has 0 amide bonds. The van der Waals surface area contributed by atoms with Crippen LogP contribution in [-0.4, -0.2) is 33.0 Å². The molecule has 0 radical (unpaired) electrons. The maximum absolute atomic E-state index is 5.41. The Morgan fingerprint density at radius 2 is 1.82 bits per heavy atom. The number of likely N-dealkylation sites (N-methyl/N-ethyl adjacent to an activating group) is 1. The fourth-order valence-corrected chi connectivity index (χ4v) is 3.20. The highest BCUT2D eigenvalue weighted by molar-refractivity contribution is 5.85. The average molecular weight is 404 g/mol. The first-order valence-electron chi connectivity index (χ1n) is 9.53. The predicted molar refractivity (Wildman–Crippen MR) is 113 cm³/mol. The monoisotopic (exact) mass is 403 g/mol. The van der Waals surface area contributed by atoms with Gasteiger partial charge in [-0.2, -0.15) is 10.1 Å². The topological polar surface area (TPSA) is 68.8 Å². The summed E-state index contributed by atoms with van der Waals surface area (Å²) in [6, 6.07) is 8.95. The van der Waals surface area contributed by atoms with Crippen LogP contribution in [-0.2, 0) is 25.8 Å². The standard InChI is InChI=1S/C21H29N5O.ClH/c1-14-6-8-18(9-7-14)13-26-17(4)19(16(3)24-26)10-11-21-23-20(25-27-21)12-15(2)22-5;/h6-9,15,22H,10-13H2,1-5H3;1H. The van der Waals surface area contributed by atoms with E-state index in [2.05, 4.69) is 72.1 Å². The van der Waals surface area contributed by atoms with Gasteiger partial charge in [-0.15, -0.1) is 12.4 Å². The molecular weight excluding hydrogens is 374 g/mol. The Kier molecular flexibility index (Phi) is 7.78. The second-order valence-corrected chi connectivity index (χ2v) is 7.29. The summed E-state index contributed by atoms with van der Waals surface area (Å²) in [5.41, 5.74) is 6.08. The molecule has 1 unspecified atom stereocenters. The maximum atomic E-state index is 5.41. The van der Waals surface area contributed by atoms with Crippen LogP contribution in [0.2, 0.25) is 0 Å². The summed E-state index contributed by atoms with van der Waals surface area (Å²) in [5.74, 6) is 1.45. The molecule has 0 aliphatic rings. The minimum atomic E-state index is 0. The molecule has 0 aliphatic carbocycles. The van der Waals surface area contributed by atoms with Crippen molar-refractivity contribution < 1.29 is 4.52 Å². The minimum Gasteiger partial charge on any atom is -0.339 e. The summed E-state index contributed by atoms with van der Waals surface area (Å²) in [5, 5.41) is 12.0. The molecule has 1 aromatic carbocycles. The fourth-order valence-electron chi connectivity index (χ4n) is 3.20. The molecule has 7 heteroatoms. The van der Waals surface area contributed by atoms with E-state index in [1.54, 1.807) is 0 Å². The third-order valence-corrected chi connectivity index (χ3v) is 5.06. The lowest BCUT2D eigenvalue weighted by atomic mass is 10.1. The molecule has 0 bridgehead atoms. The Bertz CT molecular complexity index is 885. The normalized spacial score (nSPS) is 12.0. The number of rotatable bonds is 8. The van der Waals surface area contributed by atoms with E-state index in [-0.39, 0.29) is 12.4 Å². The number of aryl methyl sites for hydroxylation is 3. The SMILES string of the molecule is CNC(C)Cc1noc(CCc2c(C)nn(Cc3ccc(C)cc3)c2C)n1.Cl. The van der Waals surface area contributed by atoms with E-state index in [1.165, 1.54) is 22.4 Å². The largest absolute Gasteiger partial charge is 0.339 e. The van der Waals surface area contributed by atoms with Gasteiger partial charge in [0.25, 0.3) is 0 Å². The first kappa shape index (κ1) is 22.1. The molecule has 0 aliphatic heterocycles. The van der Waals surface area contributed by atoms with E-state index in [0.29, 0.717) is 11.9 Å². The fraction of sp³-hybridized carbons (Fsp3) is 0.476. The summed E-state index contributed by atoms with van der Waals surface area (Å²) in [7, 11) is 1.94. The summed E-state index contributed by atoms with van der Waals surface area (Å²) in [6.07, 6.45) is 2.36. The van der Waals surface area contributed by atoms with Crippen molar-refractivity contribution in [3.63, 3.8) is 0 Å². The summed E-state index contributed by atoms with van der Waals surface area (Å²) >= 11 is 0. The molecule has 1 atom stereocenters. The van der Waals surface area contributed by atoms with Crippen molar-refractivity contribution in [2.75, 3.05) is 7.05 Å². The Morgan fingerprint density at radius 3 is 2.50 bits per heavy atom.